The molecule has 0 unspecified atom stereocenters. The van der Waals surface area contributed by atoms with E-state index in [2.05, 4.69) is 391 Å². The number of hydrogen-bond donors (Lipinski definition) is 0. The van der Waals surface area contributed by atoms with Gasteiger partial charge in [-0.1, -0.05) is 291 Å². The summed E-state index contributed by atoms with van der Waals surface area (Å²) in [6.07, 6.45) is 0. The number of fused-ring (bicyclic) bond motifs is 10. The van der Waals surface area contributed by atoms with E-state index in [1.807, 2.05) is 0 Å². The van der Waals surface area contributed by atoms with Crippen molar-refractivity contribution in [3.63, 3.8) is 0 Å². The van der Waals surface area contributed by atoms with Gasteiger partial charge in [0.15, 0.2) is 24.2 Å². The fourth-order valence-electron chi connectivity index (χ4n) is 17.9. The Bertz CT molecular complexity index is 5170. The average Bonchev–Trinajstić information content (AvgIpc) is 0.707. The van der Waals surface area contributed by atoms with Crippen molar-refractivity contribution in [3.8, 4) is 23.0 Å². The molecule has 99 heavy (non-hydrogen) atoms. The van der Waals surface area contributed by atoms with Crippen LogP contribution in [-0.4, -0.2) is 30.9 Å². The average molecular weight is 1310 g/mol. The summed E-state index contributed by atoms with van der Waals surface area (Å²) in [6, 6.07) is 141. The van der Waals surface area contributed by atoms with Crippen molar-refractivity contribution in [2.75, 3.05) is 14.7 Å². The Hall–Kier alpha value is -12.0. The molecule has 20 rings (SSSR count). The van der Waals surface area contributed by atoms with E-state index in [4.69, 9.17) is 9.47 Å². The first-order valence-corrected chi connectivity index (χ1v) is 40.3. The van der Waals surface area contributed by atoms with Crippen LogP contribution >= 0.6 is 0 Å². The molecule has 0 radical (unpaired) electrons. The summed E-state index contributed by atoms with van der Waals surface area (Å²) in [4.78, 5) is 7.51. The second-order valence-corrected chi connectivity index (χ2v) is 37.7. The lowest BCUT2D eigenvalue weighted by Gasteiger charge is -2.46. The third-order valence-electron chi connectivity index (χ3n) is 21.7. The van der Waals surface area contributed by atoms with E-state index in [0.717, 1.165) is 67.8 Å². The molecule has 0 aromatic heterocycles. The van der Waals surface area contributed by atoms with E-state index < -0.39 is 24.2 Å². The van der Waals surface area contributed by atoms with E-state index >= 15 is 0 Å². The molecule has 0 fully saturated rings. The molecule has 9 heteroatoms. The van der Waals surface area contributed by atoms with Crippen LogP contribution in [0.5, 0.6) is 23.0 Å². The van der Waals surface area contributed by atoms with Gasteiger partial charge in [0.05, 0.1) is 5.69 Å². The molecule has 0 N–H and O–H groups in total. The van der Waals surface area contributed by atoms with Gasteiger partial charge < -0.3 is 24.2 Å². The van der Waals surface area contributed by atoms with E-state index in [9.17, 15) is 0 Å². The van der Waals surface area contributed by atoms with Crippen LogP contribution in [0.4, 0.5) is 51.2 Å². The van der Waals surface area contributed by atoms with Crippen LogP contribution in [0, 0.1) is 0 Å². The van der Waals surface area contributed by atoms with Crippen molar-refractivity contribution in [2.45, 2.75) is 0 Å². The Balaban J connectivity index is 0.804. The van der Waals surface area contributed by atoms with Crippen molar-refractivity contribution < 1.29 is 9.47 Å². The number of para-hydroxylation sites is 6. The van der Waals surface area contributed by atoms with E-state index in [1.54, 1.807) is 0 Å². The summed E-state index contributed by atoms with van der Waals surface area (Å²) in [5.41, 5.74) is 13.2. The minimum Gasteiger partial charge on any atom is -0.458 e. The smallest absolute Gasteiger partial charge is 0.260 e. The van der Waals surface area contributed by atoms with Crippen LogP contribution in [0.15, 0.2) is 376 Å². The van der Waals surface area contributed by atoms with Gasteiger partial charge in [0, 0.05) is 63.1 Å². The van der Waals surface area contributed by atoms with Gasteiger partial charge in [-0.15, -0.1) is 0 Å². The highest BCUT2D eigenvalue weighted by Crippen LogP contribution is 2.47. The normalized spacial score (nSPS) is 14.8. The number of anilines is 9. The Morgan fingerprint density at radius 3 is 0.677 bits per heavy atom. The molecule has 0 amide bonds. The summed E-state index contributed by atoms with van der Waals surface area (Å²) in [5, 5.41) is 16.1. The van der Waals surface area contributed by atoms with Gasteiger partial charge >= 0.3 is 0 Å². The second-order valence-electron chi connectivity index (χ2n) is 26.5. The SMILES string of the molecule is c1ccc([Si]2(c3ccccc3)c3ccccc3N(c3cc4c5c(c3)Oc3ccc(N6c7ccccc7[Si](c7ccccc7)(c7ccccc7)c7ccccc76)cc3B5c3cc(N5c6ccccc6[Si](c6ccccc6)(c6ccccc6)c6ccccc65)ccc3O4)c3ccccc32)cc1. The van der Waals surface area contributed by atoms with Crippen molar-refractivity contribution >= 4 is 161 Å². The fourth-order valence-corrected chi connectivity index (χ4v) is 33.3. The highest BCUT2D eigenvalue weighted by molar-refractivity contribution is 7.23. The first-order valence-electron chi connectivity index (χ1n) is 34.3. The maximum Gasteiger partial charge on any atom is 0.260 e. The van der Waals surface area contributed by atoms with Gasteiger partial charge in [-0.25, -0.2) is 0 Å². The lowest BCUT2D eigenvalue weighted by atomic mass is 9.34. The minimum atomic E-state index is -2.92. The van der Waals surface area contributed by atoms with E-state index in [0.29, 0.717) is 0 Å². The number of ether oxygens (including phenoxy) is 2. The Morgan fingerprint density at radius 1 is 0.202 bits per heavy atom. The van der Waals surface area contributed by atoms with Crippen molar-refractivity contribution in [1.82, 2.24) is 0 Å². The molecular formula is C90H62BN3O2Si3. The number of benzene rings is 15. The molecule has 5 aliphatic rings. The molecule has 0 atom stereocenters. The highest BCUT2D eigenvalue weighted by Gasteiger charge is 2.53. The zero-order valence-electron chi connectivity index (χ0n) is 54.0. The molecule has 464 valence electrons. The second kappa shape index (κ2) is 22.6. The Labute approximate surface area is 580 Å². The van der Waals surface area contributed by atoms with Crippen LogP contribution in [0.25, 0.3) is 0 Å². The zero-order chi connectivity index (χ0) is 65.2. The Kier molecular flexibility index (Phi) is 13.1. The number of nitrogens with zero attached hydrogens (tertiary/aromatic N) is 3. The molecule has 0 saturated carbocycles. The molecule has 15 aromatic rings. The van der Waals surface area contributed by atoms with Crippen LogP contribution in [0.2, 0.25) is 0 Å². The van der Waals surface area contributed by atoms with Gasteiger partial charge in [0.1, 0.15) is 23.0 Å². The first kappa shape index (κ1) is 57.3. The molecule has 0 aliphatic carbocycles. The highest BCUT2D eigenvalue weighted by atomic mass is 28.3. The van der Waals surface area contributed by atoms with E-state index in [1.165, 1.54) is 85.0 Å². The predicted molar refractivity (Wildman–Crippen MR) is 420 cm³/mol. The van der Waals surface area contributed by atoms with Gasteiger partial charge in [0.2, 0.25) is 0 Å². The largest absolute Gasteiger partial charge is 0.458 e. The molecule has 0 saturated heterocycles. The van der Waals surface area contributed by atoms with Gasteiger partial charge in [-0.2, -0.15) is 0 Å². The van der Waals surface area contributed by atoms with Crippen LogP contribution in [0.1, 0.15) is 0 Å². The lowest BCUT2D eigenvalue weighted by molar-refractivity contribution is 0.465. The maximum atomic E-state index is 7.59. The molecule has 15 aromatic carbocycles. The molecule has 5 aliphatic heterocycles. The molecular weight excluding hydrogens is 1250 g/mol. The standard InChI is InChI=1S/C90H62BN3O2Si3/c1-7-31-66(32-8-1)97(67-33-9-2-10-34-67)84-49-25-19-43-74(84)92(75-44-20-26-50-85(75)97)63-55-57-80-72(59-63)91-73-60-64(93-76-45-21-27-51-86(76)98(68-35-11-3-12-36-68,69-37-13-4-14-38-69)87-52-28-22-46-77(87)93)56-58-81(73)96-83-62-65(61-82(95-80)90(83)91)94-78-47-23-29-53-88(78)99(70-39-15-5-16-40-70,71-41-17-6-18-42-71)89-54-30-24-48-79(89)94/h1-62H. The summed E-state index contributed by atoms with van der Waals surface area (Å²) < 4.78 is 15.2. The van der Waals surface area contributed by atoms with Crippen molar-refractivity contribution in [2.24, 2.45) is 0 Å². The number of hydrogen-bond acceptors (Lipinski definition) is 5. The summed E-state index contributed by atoms with van der Waals surface area (Å²) in [7, 11) is -8.73. The summed E-state index contributed by atoms with van der Waals surface area (Å²) in [6.45, 7) is -0.316. The van der Waals surface area contributed by atoms with Gasteiger partial charge in [0.25, 0.3) is 6.71 Å². The topological polar surface area (TPSA) is 28.2 Å². The quantitative estimate of drug-likeness (QED) is 0.134. The predicted octanol–water partition coefficient (Wildman–Crippen LogP) is 11.9. The van der Waals surface area contributed by atoms with Crippen LogP contribution < -0.4 is 103 Å². The van der Waals surface area contributed by atoms with Crippen LogP contribution in [0.3, 0.4) is 0 Å². The molecule has 0 spiro atoms. The fraction of sp³-hybridized carbons (Fsp3) is 0. The van der Waals surface area contributed by atoms with E-state index in [-0.39, 0.29) is 6.71 Å². The first-order chi connectivity index (χ1) is 49.1. The van der Waals surface area contributed by atoms with Gasteiger partial charge in [-0.05, 0) is 146 Å². The summed E-state index contributed by atoms with van der Waals surface area (Å²) >= 11 is 0. The minimum absolute atomic E-state index is 0.316. The monoisotopic (exact) mass is 1310 g/mol. The van der Waals surface area contributed by atoms with Crippen molar-refractivity contribution in [1.29, 1.82) is 0 Å². The number of rotatable bonds is 9. The Morgan fingerprint density at radius 2 is 0.424 bits per heavy atom. The molecule has 5 heterocycles. The van der Waals surface area contributed by atoms with Gasteiger partial charge in [-0.3, -0.25) is 0 Å². The van der Waals surface area contributed by atoms with Crippen LogP contribution in [-0.2, 0) is 0 Å². The maximum absolute atomic E-state index is 7.59. The third-order valence-corrected chi connectivity index (χ3v) is 36.3. The molecule has 0 bridgehead atoms. The summed E-state index contributed by atoms with van der Waals surface area (Å²) in [5.74, 6) is 3.15. The zero-order valence-corrected chi connectivity index (χ0v) is 57.0. The third kappa shape index (κ3) is 8.21. The van der Waals surface area contributed by atoms with Crippen molar-refractivity contribution in [3.05, 3.63) is 376 Å². The molecule has 5 nitrogen and oxygen atoms in total. The lowest BCUT2D eigenvalue weighted by Crippen LogP contribution is -2.77.